The maximum Gasteiger partial charge on any atom is 0.246 e. The molecule has 0 unspecified atom stereocenters. The van der Waals surface area contributed by atoms with Crippen LogP contribution in [-0.2, 0) is 10.0 Å². The topological polar surface area (TPSA) is 69.3 Å². The summed E-state index contributed by atoms with van der Waals surface area (Å²) in [4.78, 5) is 2.59. The van der Waals surface area contributed by atoms with Gasteiger partial charge < -0.3 is 4.90 Å². The van der Waals surface area contributed by atoms with Crippen molar-refractivity contribution in [3.05, 3.63) is 12.4 Å². The lowest BCUT2D eigenvalue weighted by Crippen LogP contribution is -2.48. The number of H-pyrrole nitrogens is 1. The summed E-state index contributed by atoms with van der Waals surface area (Å²) in [5, 5.41) is 6.26. The largest absolute Gasteiger partial charge is 0.301 e. The molecule has 0 bridgehead atoms. The lowest BCUT2D eigenvalue weighted by molar-refractivity contribution is 0.180. The summed E-state index contributed by atoms with van der Waals surface area (Å²) in [5.74, 6) is 0.688. The van der Waals surface area contributed by atoms with Gasteiger partial charge in [0.15, 0.2) is 0 Å². The lowest BCUT2D eigenvalue weighted by Gasteiger charge is -2.33. The maximum absolute atomic E-state index is 12.3. The van der Waals surface area contributed by atoms with Crippen molar-refractivity contribution in [2.45, 2.75) is 25.2 Å². The number of aromatic amines is 1. The zero-order valence-corrected chi connectivity index (χ0v) is 12.4. The van der Waals surface area contributed by atoms with E-state index in [0.29, 0.717) is 19.0 Å². The van der Waals surface area contributed by atoms with Crippen LogP contribution in [0.25, 0.3) is 0 Å². The number of aromatic nitrogens is 2. The standard InChI is InChI=1S/C12H22N4O2S/c1-11(2)3-4-15-5-7-16(8-6-15)19(17,18)12-9-13-14-10-12/h9-11H,3-8H2,1-2H3,(H,13,14). The van der Waals surface area contributed by atoms with Crippen LogP contribution in [0, 0.1) is 5.92 Å². The van der Waals surface area contributed by atoms with Gasteiger partial charge in [-0.25, -0.2) is 8.42 Å². The van der Waals surface area contributed by atoms with Gasteiger partial charge >= 0.3 is 0 Å². The molecule has 0 aliphatic carbocycles. The Balaban J connectivity index is 1.90. The van der Waals surface area contributed by atoms with E-state index in [0.717, 1.165) is 26.1 Å². The molecule has 1 fully saturated rings. The van der Waals surface area contributed by atoms with Crippen LogP contribution in [0.1, 0.15) is 20.3 Å². The van der Waals surface area contributed by atoms with Crippen LogP contribution in [0.2, 0.25) is 0 Å². The van der Waals surface area contributed by atoms with Crippen molar-refractivity contribution in [3.63, 3.8) is 0 Å². The molecule has 2 rings (SSSR count). The second kappa shape index (κ2) is 6.02. The van der Waals surface area contributed by atoms with E-state index in [4.69, 9.17) is 0 Å². The summed E-state index contributed by atoms with van der Waals surface area (Å²) >= 11 is 0. The average molecular weight is 286 g/mol. The Morgan fingerprint density at radius 2 is 2.00 bits per heavy atom. The summed E-state index contributed by atoms with van der Waals surface area (Å²) in [5.41, 5.74) is 0. The first-order valence-corrected chi connectivity index (χ1v) is 8.15. The molecule has 0 spiro atoms. The number of sulfonamides is 1. The number of nitrogens with zero attached hydrogens (tertiary/aromatic N) is 3. The van der Waals surface area contributed by atoms with Crippen LogP contribution in [0.4, 0.5) is 0 Å². The molecule has 108 valence electrons. The van der Waals surface area contributed by atoms with Crippen LogP contribution in [-0.4, -0.2) is 60.5 Å². The van der Waals surface area contributed by atoms with E-state index in [1.807, 2.05) is 0 Å². The molecule has 1 saturated heterocycles. The molecule has 0 amide bonds. The highest BCUT2D eigenvalue weighted by molar-refractivity contribution is 7.89. The maximum atomic E-state index is 12.3. The number of piperazine rings is 1. The van der Waals surface area contributed by atoms with Gasteiger partial charge in [-0.3, -0.25) is 5.10 Å². The van der Waals surface area contributed by atoms with E-state index in [9.17, 15) is 8.42 Å². The van der Waals surface area contributed by atoms with Gasteiger partial charge in [0, 0.05) is 32.4 Å². The van der Waals surface area contributed by atoms with Crippen LogP contribution in [0.3, 0.4) is 0 Å². The summed E-state index contributed by atoms with van der Waals surface area (Å²) in [7, 11) is -3.36. The number of rotatable bonds is 5. The summed E-state index contributed by atoms with van der Waals surface area (Å²) < 4.78 is 26.1. The fourth-order valence-electron chi connectivity index (χ4n) is 2.16. The minimum atomic E-state index is -3.36. The van der Waals surface area contributed by atoms with E-state index in [-0.39, 0.29) is 4.90 Å². The van der Waals surface area contributed by atoms with Crippen molar-refractivity contribution in [2.75, 3.05) is 32.7 Å². The number of nitrogens with one attached hydrogen (secondary N) is 1. The fraction of sp³-hybridized carbons (Fsp3) is 0.750. The van der Waals surface area contributed by atoms with Gasteiger partial charge in [0.1, 0.15) is 4.90 Å². The first kappa shape index (κ1) is 14.5. The third kappa shape index (κ3) is 3.55. The first-order chi connectivity index (χ1) is 9.00. The van der Waals surface area contributed by atoms with Crippen molar-refractivity contribution >= 4 is 10.0 Å². The Morgan fingerprint density at radius 1 is 1.32 bits per heavy atom. The summed E-state index contributed by atoms with van der Waals surface area (Å²) in [6.07, 6.45) is 3.95. The molecule has 0 aromatic carbocycles. The monoisotopic (exact) mass is 286 g/mol. The molecule has 2 heterocycles. The second-order valence-electron chi connectivity index (χ2n) is 5.36. The molecule has 0 saturated carbocycles. The lowest BCUT2D eigenvalue weighted by atomic mass is 10.1. The fourth-order valence-corrected chi connectivity index (χ4v) is 3.49. The molecule has 1 aromatic rings. The SMILES string of the molecule is CC(C)CCN1CCN(S(=O)(=O)c2cn[nH]c2)CC1. The molecule has 0 radical (unpaired) electrons. The Hall–Kier alpha value is -0.920. The molecule has 19 heavy (non-hydrogen) atoms. The molecule has 0 atom stereocenters. The van der Waals surface area contributed by atoms with E-state index in [1.54, 1.807) is 4.31 Å². The van der Waals surface area contributed by atoms with Gasteiger partial charge in [-0.1, -0.05) is 13.8 Å². The molecule has 1 aliphatic heterocycles. The normalized spacial score (nSPS) is 19.1. The Morgan fingerprint density at radius 3 is 2.53 bits per heavy atom. The summed E-state index contributed by atoms with van der Waals surface area (Å²) in [6.45, 7) is 8.21. The van der Waals surface area contributed by atoms with Gasteiger partial charge in [0.2, 0.25) is 10.0 Å². The summed E-state index contributed by atoms with van der Waals surface area (Å²) in [6, 6.07) is 0. The third-order valence-corrected chi connectivity index (χ3v) is 5.33. The molecular weight excluding hydrogens is 264 g/mol. The van der Waals surface area contributed by atoms with Crippen molar-refractivity contribution in [2.24, 2.45) is 5.92 Å². The van der Waals surface area contributed by atoms with E-state index >= 15 is 0 Å². The van der Waals surface area contributed by atoms with Gasteiger partial charge in [0.05, 0.1) is 6.20 Å². The Bertz CT molecular complexity index is 476. The highest BCUT2D eigenvalue weighted by Gasteiger charge is 2.28. The van der Waals surface area contributed by atoms with Crippen molar-refractivity contribution in [1.29, 1.82) is 0 Å². The number of hydrogen-bond donors (Lipinski definition) is 1. The average Bonchev–Trinajstić information content (AvgIpc) is 2.91. The Labute approximate surface area is 114 Å². The van der Waals surface area contributed by atoms with Crippen LogP contribution in [0.15, 0.2) is 17.3 Å². The van der Waals surface area contributed by atoms with Gasteiger partial charge in [-0.2, -0.15) is 9.40 Å². The van der Waals surface area contributed by atoms with Crippen LogP contribution < -0.4 is 0 Å². The predicted octanol–water partition coefficient (Wildman–Crippen LogP) is 0.762. The van der Waals surface area contributed by atoms with Crippen molar-refractivity contribution in [3.8, 4) is 0 Å². The number of hydrogen-bond acceptors (Lipinski definition) is 4. The van der Waals surface area contributed by atoms with E-state index in [2.05, 4.69) is 28.9 Å². The molecule has 1 N–H and O–H groups in total. The third-order valence-electron chi connectivity index (χ3n) is 3.46. The molecular formula is C12H22N4O2S. The smallest absolute Gasteiger partial charge is 0.246 e. The van der Waals surface area contributed by atoms with Gasteiger partial charge in [-0.05, 0) is 18.9 Å². The second-order valence-corrected chi connectivity index (χ2v) is 7.30. The van der Waals surface area contributed by atoms with Crippen molar-refractivity contribution < 1.29 is 8.42 Å². The first-order valence-electron chi connectivity index (χ1n) is 6.71. The van der Waals surface area contributed by atoms with Gasteiger partial charge in [-0.15, -0.1) is 0 Å². The van der Waals surface area contributed by atoms with Crippen LogP contribution in [0.5, 0.6) is 0 Å². The van der Waals surface area contributed by atoms with Crippen LogP contribution >= 0.6 is 0 Å². The minimum absolute atomic E-state index is 0.253. The highest BCUT2D eigenvalue weighted by Crippen LogP contribution is 2.16. The predicted molar refractivity (Wildman–Crippen MR) is 73.2 cm³/mol. The Kier molecular flexibility index (Phi) is 4.59. The molecule has 1 aromatic heterocycles. The quantitative estimate of drug-likeness (QED) is 0.868. The van der Waals surface area contributed by atoms with E-state index < -0.39 is 10.0 Å². The zero-order chi connectivity index (χ0) is 13.9. The van der Waals surface area contributed by atoms with Gasteiger partial charge in [0.25, 0.3) is 0 Å². The molecule has 6 nitrogen and oxygen atoms in total. The van der Waals surface area contributed by atoms with Crippen molar-refractivity contribution in [1.82, 2.24) is 19.4 Å². The van der Waals surface area contributed by atoms with E-state index in [1.165, 1.54) is 12.4 Å². The molecule has 1 aliphatic rings. The highest BCUT2D eigenvalue weighted by atomic mass is 32.2. The molecule has 7 heteroatoms. The zero-order valence-electron chi connectivity index (χ0n) is 11.5. The minimum Gasteiger partial charge on any atom is -0.301 e.